The molecule has 0 unspecified atom stereocenters. The molecule has 0 saturated carbocycles. The molecule has 198 valence electrons. The largest absolute Gasteiger partial charge is 0.448 e. The van der Waals surface area contributed by atoms with Crippen molar-refractivity contribution in [3.05, 3.63) is 96.2 Å². The van der Waals surface area contributed by atoms with E-state index < -0.39 is 6.09 Å². The molecule has 0 aliphatic carbocycles. The monoisotopic (exact) mass is 521 g/mol. The van der Waals surface area contributed by atoms with Gasteiger partial charge in [0.1, 0.15) is 17.8 Å². The van der Waals surface area contributed by atoms with Gasteiger partial charge in [-0.1, -0.05) is 60.7 Å². The number of carbonyl (C=O) groups is 1. The van der Waals surface area contributed by atoms with Gasteiger partial charge in [0.15, 0.2) is 11.6 Å². The standard InChI is InChI=1S/C30H31N7O2/c1-20(2)17-32-15-16-39-30(38)34-18-21-10-12-22(13-11-21)19-37-27-23-7-3-4-8-24(23)35-28(31)26(27)36-29(37)25-9-5-6-14-33-25/h3-14,32H,1,15-19H2,2H3,(H2,31,35)(H,34,38). The molecule has 9 nitrogen and oxygen atoms in total. The minimum absolute atomic E-state index is 0.296. The quantitative estimate of drug-likeness (QED) is 0.180. The van der Waals surface area contributed by atoms with Gasteiger partial charge in [-0.05, 0) is 36.2 Å². The molecule has 39 heavy (non-hydrogen) atoms. The fourth-order valence-corrected chi connectivity index (χ4v) is 4.39. The van der Waals surface area contributed by atoms with Crippen molar-refractivity contribution in [3.63, 3.8) is 0 Å². The number of ether oxygens (including phenoxy) is 1. The Morgan fingerprint density at radius 3 is 2.56 bits per heavy atom. The number of aromatic nitrogens is 4. The average Bonchev–Trinajstić information content (AvgIpc) is 3.33. The van der Waals surface area contributed by atoms with E-state index in [-0.39, 0.29) is 0 Å². The van der Waals surface area contributed by atoms with Crippen LogP contribution in [0.15, 0.2) is 85.1 Å². The second-order valence-corrected chi connectivity index (χ2v) is 9.39. The van der Waals surface area contributed by atoms with Crippen LogP contribution in [-0.4, -0.2) is 45.3 Å². The van der Waals surface area contributed by atoms with Crippen LogP contribution >= 0.6 is 0 Å². The Labute approximate surface area is 226 Å². The van der Waals surface area contributed by atoms with Crippen LogP contribution in [0.5, 0.6) is 0 Å². The van der Waals surface area contributed by atoms with Crippen molar-refractivity contribution in [2.45, 2.75) is 20.0 Å². The van der Waals surface area contributed by atoms with E-state index in [1.165, 1.54) is 0 Å². The van der Waals surface area contributed by atoms with Crippen molar-refractivity contribution in [2.75, 3.05) is 25.4 Å². The van der Waals surface area contributed by atoms with Crippen LogP contribution in [0.3, 0.4) is 0 Å². The second kappa shape index (κ2) is 11.7. The fourth-order valence-electron chi connectivity index (χ4n) is 4.39. The lowest BCUT2D eigenvalue weighted by Crippen LogP contribution is -2.28. The van der Waals surface area contributed by atoms with E-state index in [1.807, 2.05) is 73.7 Å². The summed E-state index contributed by atoms with van der Waals surface area (Å²) in [7, 11) is 0. The Hall–Kier alpha value is -4.76. The molecule has 0 saturated heterocycles. The van der Waals surface area contributed by atoms with Gasteiger partial charge in [0.25, 0.3) is 0 Å². The van der Waals surface area contributed by atoms with Gasteiger partial charge in [-0.25, -0.2) is 14.8 Å². The molecule has 0 aliphatic rings. The molecule has 5 aromatic rings. The Morgan fingerprint density at radius 2 is 1.79 bits per heavy atom. The first-order valence-electron chi connectivity index (χ1n) is 12.8. The maximum Gasteiger partial charge on any atom is 0.407 e. The van der Waals surface area contributed by atoms with Crippen molar-refractivity contribution in [2.24, 2.45) is 0 Å². The summed E-state index contributed by atoms with van der Waals surface area (Å²) in [6.07, 6.45) is 1.31. The number of rotatable bonds is 10. The highest BCUT2D eigenvalue weighted by atomic mass is 16.5. The predicted molar refractivity (Wildman–Crippen MR) is 154 cm³/mol. The maximum absolute atomic E-state index is 12.0. The van der Waals surface area contributed by atoms with Crippen LogP contribution < -0.4 is 16.4 Å². The minimum atomic E-state index is -0.445. The first-order valence-corrected chi connectivity index (χ1v) is 12.8. The first-order chi connectivity index (χ1) is 19.0. The van der Waals surface area contributed by atoms with Crippen LogP contribution in [0.1, 0.15) is 18.1 Å². The van der Waals surface area contributed by atoms with E-state index >= 15 is 0 Å². The zero-order valence-electron chi connectivity index (χ0n) is 21.9. The van der Waals surface area contributed by atoms with Crippen molar-refractivity contribution < 1.29 is 9.53 Å². The lowest BCUT2D eigenvalue weighted by molar-refractivity contribution is 0.146. The maximum atomic E-state index is 12.0. The summed E-state index contributed by atoms with van der Waals surface area (Å²) in [5.41, 5.74) is 12.6. The normalized spacial score (nSPS) is 11.1. The van der Waals surface area contributed by atoms with Gasteiger partial charge in [0.05, 0.1) is 11.0 Å². The number of anilines is 1. The molecule has 0 aliphatic heterocycles. The summed E-state index contributed by atoms with van der Waals surface area (Å²) < 4.78 is 7.35. The van der Waals surface area contributed by atoms with E-state index in [0.717, 1.165) is 44.6 Å². The third-order valence-electron chi connectivity index (χ3n) is 6.24. The molecular formula is C30H31N7O2. The molecule has 2 aromatic carbocycles. The fraction of sp³-hybridized carbons (Fsp3) is 0.200. The summed E-state index contributed by atoms with van der Waals surface area (Å²) >= 11 is 0. The number of imidazole rings is 1. The summed E-state index contributed by atoms with van der Waals surface area (Å²) in [4.78, 5) is 26.0. The van der Waals surface area contributed by atoms with Crippen LogP contribution in [0, 0.1) is 0 Å². The number of amides is 1. The molecule has 1 amide bonds. The number of benzene rings is 2. The van der Waals surface area contributed by atoms with E-state index in [9.17, 15) is 4.79 Å². The number of carbonyl (C=O) groups excluding carboxylic acids is 1. The van der Waals surface area contributed by atoms with Gasteiger partial charge in [-0.2, -0.15) is 0 Å². The van der Waals surface area contributed by atoms with E-state index in [2.05, 4.69) is 31.7 Å². The molecule has 4 N–H and O–H groups in total. The number of nitrogen functional groups attached to an aromatic ring is 1. The van der Waals surface area contributed by atoms with Crippen LogP contribution in [0.25, 0.3) is 33.5 Å². The van der Waals surface area contributed by atoms with Gasteiger partial charge in [-0.3, -0.25) is 4.98 Å². The smallest absolute Gasteiger partial charge is 0.407 e. The zero-order chi connectivity index (χ0) is 27.2. The summed E-state index contributed by atoms with van der Waals surface area (Å²) in [5.74, 6) is 1.11. The highest BCUT2D eigenvalue weighted by Gasteiger charge is 2.19. The van der Waals surface area contributed by atoms with Gasteiger partial charge >= 0.3 is 6.09 Å². The Morgan fingerprint density at radius 1 is 1.03 bits per heavy atom. The van der Waals surface area contributed by atoms with Crippen LogP contribution in [0.4, 0.5) is 10.6 Å². The van der Waals surface area contributed by atoms with Crippen LogP contribution in [0.2, 0.25) is 0 Å². The van der Waals surface area contributed by atoms with Crippen molar-refractivity contribution in [1.82, 2.24) is 30.2 Å². The predicted octanol–water partition coefficient (Wildman–Crippen LogP) is 4.67. The Bertz CT molecular complexity index is 1610. The number of nitrogens with one attached hydrogen (secondary N) is 2. The molecule has 9 heteroatoms. The molecule has 0 fully saturated rings. The number of hydrogen-bond acceptors (Lipinski definition) is 7. The van der Waals surface area contributed by atoms with Crippen LogP contribution in [-0.2, 0) is 17.8 Å². The zero-order valence-corrected chi connectivity index (χ0v) is 21.9. The first kappa shape index (κ1) is 25.9. The number of nitrogens with zero attached hydrogens (tertiary/aromatic N) is 4. The molecule has 5 rings (SSSR count). The van der Waals surface area contributed by atoms with Gasteiger partial charge in [0, 0.05) is 37.8 Å². The van der Waals surface area contributed by atoms with Gasteiger partial charge in [0.2, 0.25) is 0 Å². The van der Waals surface area contributed by atoms with E-state index in [4.69, 9.17) is 15.5 Å². The third kappa shape index (κ3) is 6.05. The minimum Gasteiger partial charge on any atom is -0.448 e. The van der Waals surface area contributed by atoms with E-state index in [0.29, 0.717) is 44.1 Å². The van der Waals surface area contributed by atoms with Crippen molar-refractivity contribution in [3.8, 4) is 11.5 Å². The molecule has 0 spiro atoms. The van der Waals surface area contributed by atoms with E-state index in [1.54, 1.807) is 6.20 Å². The molecule has 3 aromatic heterocycles. The third-order valence-corrected chi connectivity index (χ3v) is 6.24. The number of nitrogens with two attached hydrogens (primary N) is 1. The lowest BCUT2D eigenvalue weighted by Gasteiger charge is -2.12. The number of pyridine rings is 2. The van der Waals surface area contributed by atoms with Gasteiger partial charge < -0.3 is 25.7 Å². The number of hydrogen-bond donors (Lipinski definition) is 3. The molecule has 0 radical (unpaired) electrons. The number of fused-ring (bicyclic) bond motifs is 3. The van der Waals surface area contributed by atoms with Gasteiger partial charge in [-0.15, -0.1) is 0 Å². The Kier molecular flexibility index (Phi) is 7.79. The highest BCUT2D eigenvalue weighted by Crippen LogP contribution is 2.32. The SMILES string of the molecule is C=C(C)CNCCOC(=O)NCc1ccc(Cn2c(-c3ccccn3)nc3c(N)nc4ccccc4c32)cc1. The Balaban J connectivity index is 1.34. The summed E-state index contributed by atoms with van der Waals surface area (Å²) in [6.45, 7) is 8.28. The summed E-state index contributed by atoms with van der Waals surface area (Å²) in [5, 5.41) is 6.92. The van der Waals surface area contributed by atoms with Crippen molar-refractivity contribution >= 4 is 33.8 Å². The average molecular weight is 522 g/mol. The van der Waals surface area contributed by atoms with Crippen molar-refractivity contribution in [1.29, 1.82) is 0 Å². The topological polar surface area (TPSA) is 120 Å². The lowest BCUT2D eigenvalue weighted by atomic mass is 10.1. The molecular weight excluding hydrogens is 490 g/mol. The number of para-hydroxylation sites is 1. The molecule has 0 bridgehead atoms. The molecule has 0 atom stereocenters. The summed E-state index contributed by atoms with van der Waals surface area (Å²) in [6, 6.07) is 21.8. The second-order valence-electron chi connectivity index (χ2n) is 9.39. The molecule has 3 heterocycles. The number of alkyl carbamates (subject to hydrolysis) is 1. The highest BCUT2D eigenvalue weighted by molar-refractivity contribution is 6.07.